The van der Waals surface area contributed by atoms with E-state index >= 15 is 0 Å². The second-order valence-electron chi connectivity index (χ2n) is 7.48. The first kappa shape index (κ1) is 22.0. The van der Waals surface area contributed by atoms with Gasteiger partial charge in [-0.05, 0) is 49.6 Å². The molecule has 2 aromatic rings. The number of hydrogen-bond donors (Lipinski definition) is 1. The van der Waals surface area contributed by atoms with Crippen molar-refractivity contribution in [3.05, 3.63) is 58.6 Å². The maximum Gasteiger partial charge on any atom is 0.315 e. The molecule has 0 bridgehead atoms. The number of para-hydroxylation sites is 1. The lowest BCUT2D eigenvalue weighted by molar-refractivity contribution is 0.0959. The van der Waals surface area contributed by atoms with Crippen LogP contribution in [0, 0.1) is 0 Å². The lowest BCUT2D eigenvalue weighted by Crippen LogP contribution is -2.53. The summed E-state index contributed by atoms with van der Waals surface area (Å²) in [6, 6.07) is 11.7. The quantitative estimate of drug-likeness (QED) is 0.739. The van der Waals surface area contributed by atoms with Gasteiger partial charge in [-0.15, -0.1) is 0 Å². The molecule has 0 aliphatic carbocycles. The van der Waals surface area contributed by atoms with Crippen LogP contribution in [-0.4, -0.2) is 35.5 Å². The molecule has 0 radical (unpaired) electrons. The summed E-state index contributed by atoms with van der Waals surface area (Å²) < 4.78 is 5.62. The summed E-state index contributed by atoms with van der Waals surface area (Å²) in [4.78, 5) is 29.2. The molecule has 6 nitrogen and oxygen atoms in total. The van der Waals surface area contributed by atoms with E-state index in [1.165, 1.54) is 0 Å². The Labute approximate surface area is 182 Å². The number of nitrogens with zero attached hydrogens (tertiary/aromatic N) is 2. The van der Waals surface area contributed by atoms with Crippen LogP contribution in [0.4, 0.5) is 10.5 Å². The molecular formula is C23H28ClN3O3. The first-order valence-electron chi connectivity index (χ1n) is 10.3. The molecule has 0 aromatic heterocycles. The number of rotatable bonds is 5. The highest BCUT2D eigenvalue weighted by Gasteiger charge is 2.38. The number of amides is 3. The van der Waals surface area contributed by atoms with Crippen LogP contribution in [0.2, 0.25) is 5.02 Å². The molecule has 2 N–H and O–H groups in total. The van der Waals surface area contributed by atoms with Crippen molar-refractivity contribution in [2.45, 2.75) is 52.2 Å². The number of fused-ring (bicyclic) bond motifs is 1. The molecule has 0 saturated heterocycles. The van der Waals surface area contributed by atoms with Crippen molar-refractivity contribution in [2.24, 2.45) is 5.73 Å². The van der Waals surface area contributed by atoms with Crippen molar-refractivity contribution >= 4 is 29.2 Å². The Morgan fingerprint density at radius 2 is 1.93 bits per heavy atom. The zero-order chi connectivity index (χ0) is 21.8. The Morgan fingerprint density at radius 1 is 1.20 bits per heavy atom. The number of hydrogen-bond acceptors (Lipinski definition) is 3. The van der Waals surface area contributed by atoms with E-state index in [-0.39, 0.29) is 18.0 Å². The first-order chi connectivity index (χ1) is 14.4. The molecule has 1 unspecified atom stereocenters. The lowest BCUT2D eigenvalue weighted by atomic mass is 10.0. The third-order valence-electron chi connectivity index (χ3n) is 5.54. The number of anilines is 1. The van der Waals surface area contributed by atoms with Gasteiger partial charge in [-0.25, -0.2) is 4.79 Å². The minimum Gasteiger partial charge on any atom is -0.494 e. The minimum atomic E-state index is -0.500. The summed E-state index contributed by atoms with van der Waals surface area (Å²) >= 11 is 6.48. The van der Waals surface area contributed by atoms with E-state index in [1.807, 2.05) is 45.0 Å². The van der Waals surface area contributed by atoms with Gasteiger partial charge in [0.2, 0.25) is 0 Å². The molecule has 7 heteroatoms. The Balaban J connectivity index is 2.06. The average Bonchev–Trinajstić information content (AvgIpc) is 2.86. The highest BCUT2D eigenvalue weighted by atomic mass is 35.5. The van der Waals surface area contributed by atoms with Gasteiger partial charge in [0.1, 0.15) is 5.75 Å². The van der Waals surface area contributed by atoms with Gasteiger partial charge >= 0.3 is 6.03 Å². The zero-order valence-corrected chi connectivity index (χ0v) is 18.4. The van der Waals surface area contributed by atoms with Gasteiger partial charge in [0.25, 0.3) is 5.91 Å². The molecule has 3 amide bonds. The topological polar surface area (TPSA) is 75.9 Å². The smallest absolute Gasteiger partial charge is 0.315 e. The van der Waals surface area contributed by atoms with Gasteiger partial charge in [0, 0.05) is 12.2 Å². The van der Waals surface area contributed by atoms with Gasteiger partial charge in [0.15, 0.2) is 0 Å². The Kier molecular flexibility index (Phi) is 6.87. The molecule has 1 aliphatic rings. The van der Waals surface area contributed by atoms with E-state index in [1.54, 1.807) is 28.0 Å². The summed E-state index contributed by atoms with van der Waals surface area (Å²) in [5, 5.41) is 0.338. The van der Waals surface area contributed by atoms with Crippen LogP contribution in [0.15, 0.2) is 42.5 Å². The van der Waals surface area contributed by atoms with Crippen molar-refractivity contribution in [3.8, 4) is 5.75 Å². The van der Waals surface area contributed by atoms with Crippen molar-refractivity contribution in [2.75, 3.05) is 11.5 Å². The van der Waals surface area contributed by atoms with Crippen molar-refractivity contribution < 1.29 is 14.3 Å². The number of halogens is 1. The van der Waals surface area contributed by atoms with Crippen LogP contribution >= 0.6 is 11.6 Å². The number of ether oxygens (including phenoxy) is 1. The molecule has 0 fully saturated rings. The van der Waals surface area contributed by atoms with Crippen LogP contribution in [0.5, 0.6) is 5.75 Å². The normalized spacial score (nSPS) is 18.5. The fourth-order valence-electron chi connectivity index (χ4n) is 3.98. The predicted octanol–water partition coefficient (Wildman–Crippen LogP) is 4.84. The summed E-state index contributed by atoms with van der Waals surface area (Å²) in [6.45, 7) is 6.88. The number of urea groups is 1. The van der Waals surface area contributed by atoms with E-state index in [2.05, 4.69) is 0 Å². The van der Waals surface area contributed by atoms with Crippen LogP contribution in [-0.2, 0) is 6.54 Å². The van der Waals surface area contributed by atoms with Gasteiger partial charge in [0.05, 0.1) is 29.3 Å². The highest BCUT2D eigenvalue weighted by Crippen LogP contribution is 2.35. The van der Waals surface area contributed by atoms with E-state index in [0.29, 0.717) is 35.9 Å². The largest absolute Gasteiger partial charge is 0.494 e. The molecule has 0 saturated carbocycles. The van der Waals surface area contributed by atoms with Gasteiger partial charge in [-0.3, -0.25) is 4.79 Å². The molecule has 2 atom stereocenters. The molecule has 2 aromatic carbocycles. The summed E-state index contributed by atoms with van der Waals surface area (Å²) in [7, 11) is 0. The van der Waals surface area contributed by atoms with Gasteiger partial charge in [-0.2, -0.15) is 0 Å². The Bertz CT molecular complexity index is 934. The zero-order valence-electron chi connectivity index (χ0n) is 17.6. The molecule has 0 spiro atoms. The first-order valence-corrected chi connectivity index (χ1v) is 10.7. The van der Waals surface area contributed by atoms with E-state index in [9.17, 15) is 9.59 Å². The fourth-order valence-corrected chi connectivity index (χ4v) is 4.23. The minimum absolute atomic E-state index is 0.209. The van der Waals surface area contributed by atoms with E-state index in [0.717, 1.165) is 17.7 Å². The standard InChI is InChI=1S/C23H28ClN3O3/c1-4-12-30-17-10-11-18(19(24)13-17)22(28)27-20(5-2)15(3)26(23(25)29)14-16-8-6-7-9-21(16)27/h6-11,13,15,20H,4-5,12,14H2,1-3H3,(H2,25,29)/t15?,20-/m1/s1. The number of benzene rings is 2. The lowest BCUT2D eigenvalue weighted by Gasteiger charge is -2.36. The predicted molar refractivity (Wildman–Crippen MR) is 119 cm³/mol. The van der Waals surface area contributed by atoms with Crippen LogP contribution < -0.4 is 15.4 Å². The third kappa shape index (κ3) is 4.24. The fraction of sp³-hybridized carbons (Fsp3) is 0.391. The van der Waals surface area contributed by atoms with Gasteiger partial charge < -0.3 is 20.3 Å². The summed E-state index contributed by atoms with van der Waals surface area (Å²) in [6.07, 6.45) is 1.54. The van der Waals surface area contributed by atoms with E-state index in [4.69, 9.17) is 22.1 Å². The van der Waals surface area contributed by atoms with Gasteiger partial charge in [-0.1, -0.05) is 43.6 Å². The third-order valence-corrected chi connectivity index (χ3v) is 5.85. The van der Waals surface area contributed by atoms with Crippen LogP contribution in [0.1, 0.15) is 49.5 Å². The number of nitrogens with two attached hydrogens (primary N) is 1. The Hall–Kier alpha value is -2.73. The number of primary amides is 1. The SMILES string of the molecule is CCCOc1ccc(C(=O)N2c3ccccc3CN(C(N)=O)C(C)[C@H]2CC)c(Cl)c1. The van der Waals surface area contributed by atoms with Crippen molar-refractivity contribution in [1.29, 1.82) is 0 Å². The second-order valence-corrected chi connectivity index (χ2v) is 7.88. The summed E-state index contributed by atoms with van der Waals surface area (Å²) in [5.74, 6) is 0.425. The molecule has 1 heterocycles. The van der Waals surface area contributed by atoms with E-state index < -0.39 is 6.03 Å². The molecule has 30 heavy (non-hydrogen) atoms. The summed E-state index contributed by atoms with van der Waals surface area (Å²) in [5.41, 5.74) is 7.70. The van der Waals surface area contributed by atoms with Crippen LogP contribution in [0.3, 0.4) is 0 Å². The maximum absolute atomic E-state index is 13.7. The average molecular weight is 430 g/mol. The molecule has 3 rings (SSSR count). The second kappa shape index (κ2) is 9.39. The maximum atomic E-state index is 13.7. The molecule has 1 aliphatic heterocycles. The van der Waals surface area contributed by atoms with Crippen molar-refractivity contribution in [3.63, 3.8) is 0 Å². The van der Waals surface area contributed by atoms with Crippen molar-refractivity contribution in [1.82, 2.24) is 4.90 Å². The highest BCUT2D eigenvalue weighted by molar-refractivity contribution is 6.34. The van der Waals surface area contributed by atoms with Crippen LogP contribution in [0.25, 0.3) is 0 Å². The Morgan fingerprint density at radius 3 is 2.57 bits per heavy atom. The number of carbonyl (C=O) groups is 2. The molecule has 160 valence electrons. The molecular weight excluding hydrogens is 402 g/mol. The number of carbonyl (C=O) groups excluding carboxylic acids is 2. The monoisotopic (exact) mass is 429 g/mol.